The monoisotopic (exact) mass is 343 g/mol. The van der Waals surface area contributed by atoms with Crippen molar-refractivity contribution in [1.82, 2.24) is 14.7 Å². The van der Waals surface area contributed by atoms with E-state index < -0.39 is 0 Å². The average Bonchev–Trinajstić information content (AvgIpc) is 3.08. The minimum Gasteiger partial charge on any atom is -0.333 e. The smallest absolute Gasteiger partial charge is 0.257 e. The van der Waals surface area contributed by atoms with Crippen LogP contribution in [0.4, 0.5) is 0 Å². The van der Waals surface area contributed by atoms with Gasteiger partial charge in [-0.3, -0.25) is 9.48 Å². The second-order valence-electron chi connectivity index (χ2n) is 6.90. The Balaban J connectivity index is 1.51. The molecule has 2 aliphatic rings. The minimum absolute atomic E-state index is 0.148. The van der Waals surface area contributed by atoms with Crippen molar-refractivity contribution >= 4 is 17.5 Å². The van der Waals surface area contributed by atoms with Crippen LogP contribution in [-0.2, 0) is 6.54 Å². The van der Waals surface area contributed by atoms with Gasteiger partial charge in [-0.15, -0.1) is 0 Å². The quantitative estimate of drug-likeness (QED) is 0.818. The first-order chi connectivity index (χ1) is 11.7. The molecule has 0 radical (unpaired) electrons. The van der Waals surface area contributed by atoms with Gasteiger partial charge in [0.25, 0.3) is 5.91 Å². The van der Waals surface area contributed by atoms with Crippen molar-refractivity contribution in [3.05, 3.63) is 52.8 Å². The van der Waals surface area contributed by atoms with E-state index in [1.807, 2.05) is 30.5 Å². The van der Waals surface area contributed by atoms with Crippen molar-refractivity contribution < 1.29 is 4.79 Å². The lowest BCUT2D eigenvalue weighted by atomic mass is 10.1. The highest BCUT2D eigenvalue weighted by Gasteiger charge is 2.39. The number of carbonyl (C=O) groups is 1. The molecule has 4 nitrogen and oxygen atoms in total. The molecule has 0 bridgehead atoms. The highest BCUT2D eigenvalue weighted by atomic mass is 35.5. The molecule has 0 atom stereocenters. The van der Waals surface area contributed by atoms with E-state index in [9.17, 15) is 4.79 Å². The zero-order valence-corrected chi connectivity index (χ0v) is 14.5. The van der Waals surface area contributed by atoms with E-state index in [2.05, 4.69) is 10.00 Å². The minimum atomic E-state index is 0.148. The van der Waals surface area contributed by atoms with E-state index in [1.165, 1.54) is 12.8 Å². The van der Waals surface area contributed by atoms with Gasteiger partial charge in [-0.25, -0.2) is 0 Å². The molecule has 0 N–H and O–H groups in total. The van der Waals surface area contributed by atoms with Crippen LogP contribution < -0.4 is 0 Å². The Labute approximate surface area is 147 Å². The number of hydrogen-bond donors (Lipinski definition) is 0. The molecule has 24 heavy (non-hydrogen) atoms. The van der Waals surface area contributed by atoms with Crippen molar-refractivity contribution in [1.29, 1.82) is 0 Å². The van der Waals surface area contributed by atoms with Crippen molar-refractivity contribution in [2.24, 2.45) is 0 Å². The summed E-state index contributed by atoms with van der Waals surface area (Å²) >= 11 is 6.21. The third-order valence-corrected chi connectivity index (χ3v) is 5.43. The number of rotatable bonds is 5. The highest BCUT2D eigenvalue weighted by Crippen LogP contribution is 2.35. The summed E-state index contributed by atoms with van der Waals surface area (Å²) in [4.78, 5) is 15.1. The number of aromatic nitrogens is 2. The lowest BCUT2D eigenvalue weighted by molar-refractivity contribution is 0.0664. The number of hydrogen-bond acceptors (Lipinski definition) is 2. The van der Waals surface area contributed by atoms with Gasteiger partial charge in [0.05, 0.1) is 18.3 Å². The van der Waals surface area contributed by atoms with E-state index in [0.29, 0.717) is 24.2 Å². The van der Waals surface area contributed by atoms with Crippen LogP contribution in [0.5, 0.6) is 0 Å². The van der Waals surface area contributed by atoms with Crippen LogP contribution in [0.1, 0.15) is 54.4 Å². The summed E-state index contributed by atoms with van der Waals surface area (Å²) in [6.45, 7) is 0.583. The topological polar surface area (TPSA) is 38.1 Å². The van der Waals surface area contributed by atoms with Gasteiger partial charge >= 0.3 is 0 Å². The molecule has 2 fully saturated rings. The number of carbonyl (C=O) groups excluding carboxylic acids is 1. The molecule has 0 aliphatic heterocycles. The van der Waals surface area contributed by atoms with E-state index in [-0.39, 0.29) is 5.91 Å². The maximum atomic E-state index is 13.0. The van der Waals surface area contributed by atoms with E-state index >= 15 is 0 Å². The van der Waals surface area contributed by atoms with Gasteiger partial charge in [-0.2, -0.15) is 5.10 Å². The largest absolute Gasteiger partial charge is 0.333 e. The molecule has 2 aliphatic carbocycles. The van der Waals surface area contributed by atoms with Crippen LogP contribution in [-0.4, -0.2) is 32.7 Å². The average molecular weight is 344 g/mol. The number of amides is 1. The maximum Gasteiger partial charge on any atom is 0.257 e. The number of nitrogens with zero attached hydrogens (tertiary/aromatic N) is 3. The molecule has 2 saturated carbocycles. The Kier molecular flexibility index (Phi) is 4.31. The van der Waals surface area contributed by atoms with Gasteiger partial charge in [-0.1, -0.05) is 42.6 Å². The predicted molar refractivity (Wildman–Crippen MR) is 94.2 cm³/mol. The Bertz CT molecular complexity index is 732. The number of halogens is 1. The third kappa shape index (κ3) is 3.20. The van der Waals surface area contributed by atoms with Crippen molar-refractivity contribution in [3.8, 4) is 0 Å². The normalized spacial score (nSPS) is 18.0. The Morgan fingerprint density at radius 3 is 2.58 bits per heavy atom. The third-order valence-electron chi connectivity index (χ3n) is 5.06. The molecule has 5 heteroatoms. The van der Waals surface area contributed by atoms with Crippen LogP contribution >= 0.6 is 11.6 Å². The lowest BCUT2D eigenvalue weighted by Crippen LogP contribution is -2.40. The molecule has 0 spiro atoms. The van der Waals surface area contributed by atoms with Crippen molar-refractivity contribution in [2.75, 3.05) is 0 Å². The SMILES string of the molecule is O=C(c1cnn(Cc2ccccc2Cl)c1)N(C1CCCC1)C1CC1. The van der Waals surface area contributed by atoms with Gasteiger partial charge in [0.2, 0.25) is 0 Å². The van der Waals surface area contributed by atoms with Gasteiger partial charge in [-0.05, 0) is 37.3 Å². The molecule has 1 heterocycles. The molecule has 126 valence electrons. The summed E-state index contributed by atoms with van der Waals surface area (Å²) in [5.41, 5.74) is 1.71. The standard InChI is InChI=1S/C19H22ClN3O/c20-18-8-4-1-5-14(18)12-22-13-15(11-21-22)19(24)23(17-9-10-17)16-6-2-3-7-16/h1,4-5,8,11,13,16-17H,2-3,6-7,9-10,12H2. The summed E-state index contributed by atoms with van der Waals surface area (Å²) in [5.74, 6) is 0.148. The van der Waals surface area contributed by atoms with E-state index in [4.69, 9.17) is 11.6 Å². The maximum absolute atomic E-state index is 13.0. The first-order valence-corrected chi connectivity index (χ1v) is 9.18. The van der Waals surface area contributed by atoms with Crippen LogP contribution in [0, 0.1) is 0 Å². The van der Waals surface area contributed by atoms with Crippen LogP contribution in [0.25, 0.3) is 0 Å². The predicted octanol–water partition coefficient (Wildman–Crippen LogP) is 4.13. The zero-order chi connectivity index (χ0) is 16.5. The highest BCUT2D eigenvalue weighted by molar-refractivity contribution is 6.31. The van der Waals surface area contributed by atoms with E-state index in [0.717, 1.165) is 36.3 Å². The van der Waals surface area contributed by atoms with Crippen molar-refractivity contribution in [3.63, 3.8) is 0 Å². The van der Waals surface area contributed by atoms with Crippen molar-refractivity contribution in [2.45, 2.75) is 57.2 Å². The van der Waals surface area contributed by atoms with Gasteiger partial charge in [0.1, 0.15) is 0 Å². The zero-order valence-electron chi connectivity index (χ0n) is 13.7. The summed E-state index contributed by atoms with van der Waals surface area (Å²) in [6, 6.07) is 8.62. The summed E-state index contributed by atoms with van der Waals surface area (Å²) in [6.07, 6.45) is 10.6. The molecule has 1 amide bonds. The number of benzene rings is 1. The fraction of sp³-hybridized carbons (Fsp3) is 0.474. The van der Waals surface area contributed by atoms with Crippen LogP contribution in [0.15, 0.2) is 36.7 Å². The Morgan fingerprint density at radius 2 is 1.88 bits per heavy atom. The van der Waals surface area contributed by atoms with E-state index in [1.54, 1.807) is 10.9 Å². The first-order valence-electron chi connectivity index (χ1n) is 8.81. The summed E-state index contributed by atoms with van der Waals surface area (Å²) in [7, 11) is 0. The Hall–Kier alpha value is -1.81. The first kappa shape index (κ1) is 15.7. The molecule has 0 unspecified atom stereocenters. The molecule has 4 rings (SSSR count). The summed E-state index contributed by atoms with van der Waals surface area (Å²) in [5, 5.41) is 5.10. The van der Waals surface area contributed by atoms with Crippen LogP contribution in [0.3, 0.4) is 0 Å². The lowest BCUT2D eigenvalue weighted by Gasteiger charge is -2.28. The van der Waals surface area contributed by atoms with Gasteiger partial charge in [0, 0.05) is 23.3 Å². The molecule has 0 saturated heterocycles. The molecular formula is C19H22ClN3O. The fourth-order valence-electron chi connectivity index (χ4n) is 3.68. The second kappa shape index (κ2) is 6.60. The Morgan fingerprint density at radius 1 is 1.17 bits per heavy atom. The molecule has 2 aromatic rings. The fourth-order valence-corrected chi connectivity index (χ4v) is 3.87. The molecular weight excluding hydrogens is 322 g/mol. The van der Waals surface area contributed by atoms with Crippen LogP contribution in [0.2, 0.25) is 5.02 Å². The molecule has 1 aromatic heterocycles. The summed E-state index contributed by atoms with van der Waals surface area (Å²) < 4.78 is 1.80. The molecule has 1 aromatic carbocycles. The van der Waals surface area contributed by atoms with Gasteiger partial charge in [0.15, 0.2) is 0 Å². The van der Waals surface area contributed by atoms with Gasteiger partial charge < -0.3 is 4.90 Å². The second-order valence-corrected chi connectivity index (χ2v) is 7.31.